The summed E-state index contributed by atoms with van der Waals surface area (Å²) in [4.78, 5) is 33.6. The highest BCUT2D eigenvalue weighted by Gasteiger charge is 2.26. The Kier molecular flexibility index (Phi) is 6.18. The molecule has 1 aliphatic heterocycles. The molecule has 0 saturated carbocycles. The lowest BCUT2D eigenvalue weighted by Gasteiger charge is -2.36. The van der Waals surface area contributed by atoms with E-state index in [9.17, 15) is 9.59 Å². The van der Waals surface area contributed by atoms with Gasteiger partial charge in [-0.2, -0.15) is 9.78 Å². The van der Waals surface area contributed by atoms with Crippen molar-refractivity contribution in [2.75, 3.05) is 37.7 Å². The van der Waals surface area contributed by atoms with E-state index >= 15 is 0 Å². The van der Waals surface area contributed by atoms with Gasteiger partial charge in [0.15, 0.2) is 0 Å². The lowest BCUT2D eigenvalue weighted by molar-refractivity contribution is 0.0741. The van der Waals surface area contributed by atoms with E-state index in [1.54, 1.807) is 41.6 Å². The highest BCUT2D eigenvalue weighted by Crippen LogP contribution is 2.24. The number of halogens is 1. The molecule has 0 bridgehead atoms. The maximum Gasteiger partial charge on any atom is 0.292 e. The van der Waals surface area contributed by atoms with Gasteiger partial charge in [-0.1, -0.05) is 29.8 Å². The average molecular weight is 440 g/mol. The molecule has 1 amide bonds. The van der Waals surface area contributed by atoms with Crippen molar-refractivity contribution in [1.82, 2.24) is 19.7 Å². The minimum absolute atomic E-state index is 0.115. The third-order valence-electron chi connectivity index (χ3n) is 5.09. The largest absolute Gasteiger partial charge is 0.477 e. The second-order valence-electron chi connectivity index (χ2n) is 6.96. The van der Waals surface area contributed by atoms with Crippen LogP contribution in [0.5, 0.6) is 5.88 Å². The van der Waals surface area contributed by atoms with E-state index in [1.165, 1.54) is 4.68 Å². The topological polar surface area (TPSA) is 80.6 Å². The van der Waals surface area contributed by atoms with Gasteiger partial charge in [-0.3, -0.25) is 9.59 Å². The maximum absolute atomic E-state index is 13.0. The summed E-state index contributed by atoms with van der Waals surface area (Å²) in [5, 5.41) is 4.41. The fourth-order valence-corrected chi connectivity index (χ4v) is 3.77. The van der Waals surface area contributed by atoms with E-state index in [1.807, 2.05) is 30.0 Å². The lowest BCUT2D eigenvalue weighted by Crippen LogP contribution is -2.49. The molecule has 3 heterocycles. The van der Waals surface area contributed by atoms with Crippen LogP contribution in [0.25, 0.3) is 5.69 Å². The standard InChI is InChI=1S/C22H22ClN5O3/c1-2-31-20-17(9-6-10-24-20)21(29)27-13-11-26(12-14-27)18-15-25-28(22(30)19(18)23)16-7-4-3-5-8-16/h3-10,15H,2,11-14H2,1H3. The molecule has 0 unspecified atom stereocenters. The van der Waals surface area contributed by atoms with Crippen LogP contribution in [0.3, 0.4) is 0 Å². The molecule has 1 aliphatic rings. The first kappa shape index (κ1) is 20.9. The molecule has 1 saturated heterocycles. The number of anilines is 1. The molecule has 0 aliphatic carbocycles. The average Bonchev–Trinajstić information content (AvgIpc) is 2.82. The fourth-order valence-electron chi connectivity index (χ4n) is 3.52. The number of hydrogen-bond donors (Lipinski definition) is 0. The van der Waals surface area contributed by atoms with Gasteiger partial charge in [-0.15, -0.1) is 0 Å². The molecule has 0 spiro atoms. The van der Waals surface area contributed by atoms with Crippen LogP contribution in [-0.4, -0.2) is 58.4 Å². The summed E-state index contributed by atoms with van der Waals surface area (Å²) in [6.07, 6.45) is 3.20. The fraction of sp³-hybridized carbons (Fsp3) is 0.273. The van der Waals surface area contributed by atoms with E-state index < -0.39 is 0 Å². The molecule has 1 fully saturated rings. The number of benzene rings is 1. The summed E-state index contributed by atoms with van der Waals surface area (Å²) in [5.74, 6) is 0.217. The number of rotatable bonds is 5. The zero-order valence-electron chi connectivity index (χ0n) is 17.1. The van der Waals surface area contributed by atoms with Gasteiger partial charge in [-0.05, 0) is 31.2 Å². The summed E-state index contributed by atoms with van der Waals surface area (Å²) >= 11 is 6.41. The predicted octanol–water partition coefficient (Wildman–Crippen LogP) is 2.64. The Bertz CT molecular complexity index is 1130. The molecule has 8 nitrogen and oxygen atoms in total. The molecule has 0 radical (unpaired) electrons. The van der Waals surface area contributed by atoms with E-state index in [4.69, 9.17) is 16.3 Å². The number of pyridine rings is 1. The van der Waals surface area contributed by atoms with Gasteiger partial charge < -0.3 is 14.5 Å². The Hall–Kier alpha value is -3.39. The van der Waals surface area contributed by atoms with E-state index in [-0.39, 0.29) is 16.5 Å². The second kappa shape index (κ2) is 9.18. The van der Waals surface area contributed by atoms with Crippen molar-refractivity contribution in [2.24, 2.45) is 0 Å². The SMILES string of the molecule is CCOc1ncccc1C(=O)N1CCN(c2cnn(-c3ccccc3)c(=O)c2Cl)CC1. The van der Waals surface area contributed by atoms with E-state index in [0.29, 0.717) is 55.6 Å². The molecular weight excluding hydrogens is 418 g/mol. The van der Waals surface area contributed by atoms with E-state index in [2.05, 4.69) is 10.1 Å². The summed E-state index contributed by atoms with van der Waals surface area (Å²) in [7, 11) is 0. The third kappa shape index (κ3) is 4.25. The first-order valence-corrected chi connectivity index (χ1v) is 10.4. The summed E-state index contributed by atoms with van der Waals surface area (Å²) in [6.45, 7) is 4.32. The van der Waals surface area contributed by atoms with Gasteiger partial charge in [0.25, 0.3) is 11.5 Å². The molecule has 160 valence electrons. The molecule has 31 heavy (non-hydrogen) atoms. The third-order valence-corrected chi connectivity index (χ3v) is 5.45. The Labute approximate surface area is 184 Å². The summed E-state index contributed by atoms with van der Waals surface area (Å²) in [6, 6.07) is 12.6. The van der Waals surface area contributed by atoms with Crippen LogP contribution in [0.4, 0.5) is 5.69 Å². The normalized spacial score (nSPS) is 13.9. The van der Waals surface area contributed by atoms with Crippen LogP contribution in [0.2, 0.25) is 5.02 Å². The van der Waals surface area contributed by atoms with Crippen molar-refractivity contribution in [1.29, 1.82) is 0 Å². The summed E-state index contributed by atoms with van der Waals surface area (Å²) < 4.78 is 6.77. The monoisotopic (exact) mass is 439 g/mol. The number of para-hydroxylation sites is 1. The number of nitrogens with zero attached hydrogens (tertiary/aromatic N) is 5. The van der Waals surface area contributed by atoms with Crippen LogP contribution < -0.4 is 15.2 Å². The van der Waals surface area contributed by atoms with Gasteiger partial charge in [-0.25, -0.2) is 4.98 Å². The van der Waals surface area contributed by atoms with Crippen molar-refractivity contribution in [3.63, 3.8) is 0 Å². The van der Waals surface area contributed by atoms with Gasteiger partial charge in [0.2, 0.25) is 5.88 Å². The van der Waals surface area contributed by atoms with E-state index in [0.717, 1.165) is 0 Å². The zero-order chi connectivity index (χ0) is 21.8. The Balaban J connectivity index is 1.49. The van der Waals surface area contributed by atoms with Gasteiger partial charge in [0.05, 0.1) is 24.2 Å². The molecule has 0 N–H and O–H groups in total. The zero-order valence-corrected chi connectivity index (χ0v) is 17.8. The minimum atomic E-state index is -0.374. The van der Waals surface area contributed by atoms with Gasteiger partial charge in [0.1, 0.15) is 10.6 Å². The first-order chi connectivity index (χ1) is 15.1. The van der Waals surface area contributed by atoms with Crippen LogP contribution in [0, 0.1) is 0 Å². The Morgan fingerprint density at radius 3 is 2.55 bits per heavy atom. The number of carbonyl (C=O) groups excluding carboxylic acids is 1. The number of aromatic nitrogens is 3. The number of ether oxygens (including phenoxy) is 1. The molecular formula is C22H22ClN5O3. The predicted molar refractivity (Wildman–Crippen MR) is 118 cm³/mol. The van der Waals surface area contributed by atoms with Crippen molar-refractivity contribution in [2.45, 2.75) is 6.92 Å². The van der Waals surface area contributed by atoms with Gasteiger partial charge >= 0.3 is 0 Å². The Morgan fingerprint density at radius 2 is 1.84 bits per heavy atom. The molecule has 0 atom stereocenters. The maximum atomic E-state index is 13.0. The van der Waals surface area contributed by atoms with Crippen LogP contribution >= 0.6 is 11.6 Å². The number of amides is 1. The smallest absolute Gasteiger partial charge is 0.292 e. The van der Waals surface area contributed by atoms with Crippen molar-refractivity contribution in [3.8, 4) is 11.6 Å². The van der Waals surface area contributed by atoms with Crippen LogP contribution in [-0.2, 0) is 0 Å². The first-order valence-electron chi connectivity index (χ1n) is 10.1. The minimum Gasteiger partial charge on any atom is -0.477 e. The van der Waals surface area contributed by atoms with Gasteiger partial charge in [0, 0.05) is 32.4 Å². The number of piperazine rings is 1. The molecule has 9 heteroatoms. The van der Waals surface area contributed by atoms with Crippen molar-refractivity contribution in [3.05, 3.63) is 75.8 Å². The van der Waals surface area contributed by atoms with Crippen molar-refractivity contribution >= 4 is 23.2 Å². The second-order valence-corrected chi connectivity index (χ2v) is 7.34. The Morgan fingerprint density at radius 1 is 1.10 bits per heavy atom. The number of hydrogen-bond acceptors (Lipinski definition) is 6. The molecule has 1 aromatic carbocycles. The summed E-state index contributed by atoms with van der Waals surface area (Å²) in [5.41, 5.74) is 1.30. The highest BCUT2D eigenvalue weighted by molar-refractivity contribution is 6.33. The lowest BCUT2D eigenvalue weighted by atomic mass is 10.2. The highest BCUT2D eigenvalue weighted by atomic mass is 35.5. The van der Waals surface area contributed by atoms with Crippen molar-refractivity contribution < 1.29 is 9.53 Å². The van der Waals surface area contributed by atoms with Crippen LogP contribution in [0.1, 0.15) is 17.3 Å². The molecule has 4 rings (SSSR count). The quantitative estimate of drug-likeness (QED) is 0.608. The van der Waals surface area contributed by atoms with Crippen LogP contribution in [0.15, 0.2) is 59.7 Å². The molecule has 3 aromatic rings. The molecule has 2 aromatic heterocycles. The number of carbonyl (C=O) groups is 1.